The van der Waals surface area contributed by atoms with E-state index in [9.17, 15) is 14.7 Å². The summed E-state index contributed by atoms with van der Waals surface area (Å²) in [5, 5.41) is 22.3. The molecule has 7 nitrogen and oxygen atoms in total. The van der Waals surface area contributed by atoms with Crippen molar-refractivity contribution in [3.63, 3.8) is 0 Å². The molecule has 0 aliphatic carbocycles. The molecule has 0 atom stereocenters. The number of aromatic hydroxyl groups is 1. The summed E-state index contributed by atoms with van der Waals surface area (Å²) in [7, 11) is 2.10. The number of benzene rings is 2. The van der Waals surface area contributed by atoms with Gasteiger partial charge in [0.1, 0.15) is 5.75 Å². The molecule has 2 aromatic rings. The third-order valence-electron chi connectivity index (χ3n) is 6.15. The van der Waals surface area contributed by atoms with Gasteiger partial charge in [-0.15, -0.1) is 0 Å². The molecular weight excluding hydrogens is 408 g/mol. The van der Waals surface area contributed by atoms with Crippen molar-refractivity contribution in [1.29, 1.82) is 0 Å². The lowest BCUT2D eigenvalue weighted by Gasteiger charge is -2.42. The summed E-state index contributed by atoms with van der Waals surface area (Å²) in [6.45, 7) is 2.80. The topological polar surface area (TPSA) is 99.1 Å². The first-order valence-electron chi connectivity index (χ1n) is 11.1. The van der Waals surface area contributed by atoms with Crippen molar-refractivity contribution in [2.24, 2.45) is 0 Å². The van der Waals surface area contributed by atoms with Gasteiger partial charge < -0.3 is 25.2 Å². The van der Waals surface area contributed by atoms with Gasteiger partial charge in [-0.05, 0) is 63.2 Å². The van der Waals surface area contributed by atoms with E-state index in [1.54, 1.807) is 12.1 Å². The van der Waals surface area contributed by atoms with E-state index in [2.05, 4.69) is 29.4 Å². The molecule has 0 spiro atoms. The van der Waals surface area contributed by atoms with E-state index >= 15 is 0 Å². The van der Waals surface area contributed by atoms with Crippen molar-refractivity contribution in [3.8, 4) is 5.75 Å². The Labute approximate surface area is 189 Å². The third kappa shape index (κ3) is 5.87. The highest BCUT2D eigenvalue weighted by molar-refractivity contribution is 5.94. The van der Waals surface area contributed by atoms with Crippen molar-refractivity contribution in [2.75, 3.05) is 39.9 Å². The summed E-state index contributed by atoms with van der Waals surface area (Å²) in [6, 6.07) is 15.3. The van der Waals surface area contributed by atoms with Crippen molar-refractivity contribution >= 4 is 11.9 Å². The summed E-state index contributed by atoms with van der Waals surface area (Å²) in [4.78, 5) is 25.5. The first-order valence-corrected chi connectivity index (χ1v) is 11.1. The number of ether oxygens (including phenoxy) is 1. The lowest BCUT2D eigenvalue weighted by atomic mass is 9.67. The quantitative estimate of drug-likeness (QED) is 0.491. The van der Waals surface area contributed by atoms with Crippen LogP contribution in [0.5, 0.6) is 5.75 Å². The Bertz CT molecular complexity index is 908. The Balaban J connectivity index is 1.71. The van der Waals surface area contributed by atoms with Gasteiger partial charge in [0.2, 0.25) is 0 Å². The van der Waals surface area contributed by atoms with Crippen LogP contribution in [0.1, 0.15) is 47.2 Å². The molecule has 1 aliphatic heterocycles. The molecule has 2 aromatic carbocycles. The van der Waals surface area contributed by atoms with E-state index in [0.717, 1.165) is 37.1 Å². The Morgan fingerprint density at radius 2 is 1.81 bits per heavy atom. The van der Waals surface area contributed by atoms with Gasteiger partial charge in [0.15, 0.2) is 0 Å². The molecule has 0 unspecified atom stereocenters. The normalized spacial score (nSPS) is 15.9. The number of likely N-dealkylation sites (tertiary alicyclic amines) is 1. The number of hydrogen-bond acceptors (Lipinski definition) is 5. The van der Waals surface area contributed by atoms with Crippen LogP contribution in [0.4, 0.5) is 0 Å². The van der Waals surface area contributed by atoms with Crippen molar-refractivity contribution < 1.29 is 24.5 Å². The third-order valence-corrected chi connectivity index (χ3v) is 6.15. The van der Waals surface area contributed by atoms with Crippen molar-refractivity contribution in [2.45, 2.75) is 31.1 Å². The zero-order chi connectivity index (χ0) is 23.0. The van der Waals surface area contributed by atoms with Crippen LogP contribution in [-0.4, -0.2) is 66.9 Å². The van der Waals surface area contributed by atoms with Crippen molar-refractivity contribution in [1.82, 2.24) is 10.2 Å². The maximum absolute atomic E-state index is 12.7. The van der Waals surface area contributed by atoms with Gasteiger partial charge in [-0.25, -0.2) is 0 Å². The summed E-state index contributed by atoms with van der Waals surface area (Å²) >= 11 is 0. The van der Waals surface area contributed by atoms with E-state index in [1.165, 1.54) is 0 Å². The highest BCUT2D eigenvalue weighted by Crippen LogP contribution is 2.45. The largest absolute Gasteiger partial charge is 0.508 e. The highest BCUT2D eigenvalue weighted by atomic mass is 16.5. The molecule has 3 N–H and O–H groups in total. The van der Waals surface area contributed by atoms with Crippen LogP contribution in [-0.2, 0) is 14.9 Å². The fraction of sp³-hybridized carbons (Fsp3) is 0.440. The number of amides is 1. The molecule has 0 aromatic heterocycles. The highest BCUT2D eigenvalue weighted by Gasteiger charge is 2.39. The molecule has 1 amide bonds. The number of phenols is 1. The SMILES string of the molecule is CN1CCC(c2ccccc2)(c2cc(C(=O)NCCCOCCC(=O)O)ccc2O)CC1. The van der Waals surface area contributed by atoms with Gasteiger partial charge >= 0.3 is 5.97 Å². The molecule has 32 heavy (non-hydrogen) atoms. The Morgan fingerprint density at radius 1 is 1.09 bits per heavy atom. The van der Waals surface area contributed by atoms with E-state index in [0.29, 0.717) is 25.1 Å². The minimum Gasteiger partial charge on any atom is -0.508 e. The molecule has 0 saturated carbocycles. The van der Waals surface area contributed by atoms with E-state index in [-0.39, 0.29) is 30.1 Å². The molecule has 1 aliphatic rings. The first kappa shape index (κ1) is 23.8. The summed E-state index contributed by atoms with van der Waals surface area (Å²) in [6.07, 6.45) is 2.29. The van der Waals surface area contributed by atoms with E-state index in [4.69, 9.17) is 9.84 Å². The van der Waals surface area contributed by atoms with Crippen LogP contribution in [0.25, 0.3) is 0 Å². The first-order chi connectivity index (χ1) is 15.4. The van der Waals surface area contributed by atoms with Gasteiger partial charge in [-0.1, -0.05) is 30.3 Å². The smallest absolute Gasteiger partial charge is 0.305 e. The second-order valence-electron chi connectivity index (χ2n) is 8.35. The lowest BCUT2D eigenvalue weighted by Crippen LogP contribution is -2.41. The predicted molar refractivity (Wildman–Crippen MR) is 122 cm³/mol. The summed E-state index contributed by atoms with van der Waals surface area (Å²) in [5.74, 6) is -0.881. The van der Waals surface area contributed by atoms with Crippen LogP contribution >= 0.6 is 0 Å². The number of carbonyl (C=O) groups is 2. The zero-order valence-corrected chi connectivity index (χ0v) is 18.5. The van der Waals surface area contributed by atoms with Crippen LogP contribution in [0.15, 0.2) is 48.5 Å². The summed E-state index contributed by atoms with van der Waals surface area (Å²) in [5.41, 5.74) is 2.12. The standard InChI is InChI=1S/C25H32N2O5/c1-27-14-11-25(12-15-27,20-6-3-2-4-7-20)21-18-19(8-9-22(21)28)24(31)26-13-5-16-32-17-10-23(29)30/h2-4,6-9,18,28H,5,10-17H2,1H3,(H,26,31)(H,29,30). The Hall–Kier alpha value is -2.90. The second-order valence-corrected chi connectivity index (χ2v) is 8.35. The molecule has 1 heterocycles. The average Bonchev–Trinajstić information content (AvgIpc) is 2.80. The van der Waals surface area contributed by atoms with Gasteiger partial charge in [0.05, 0.1) is 13.0 Å². The molecule has 7 heteroatoms. The maximum Gasteiger partial charge on any atom is 0.305 e. The Morgan fingerprint density at radius 3 is 2.50 bits per heavy atom. The molecule has 3 rings (SSSR count). The fourth-order valence-electron chi connectivity index (χ4n) is 4.27. The van der Waals surface area contributed by atoms with Gasteiger partial charge in [0.25, 0.3) is 5.91 Å². The minimum absolute atomic E-state index is 0.0262. The van der Waals surface area contributed by atoms with Crippen molar-refractivity contribution in [3.05, 3.63) is 65.2 Å². The van der Waals surface area contributed by atoms with Gasteiger partial charge in [-0.2, -0.15) is 0 Å². The number of rotatable bonds is 10. The molecule has 0 bridgehead atoms. The molecular formula is C25H32N2O5. The number of carbonyl (C=O) groups excluding carboxylic acids is 1. The van der Waals surface area contributed by atoms with Crippen LogP contribution in [0.2, 0.25) is 0 Å². The lowest BCUT2D eigenvalue weighted by molar-refractivity contribution is -0.138. The number of aliphatic carboxylic acids is 1. The van der Waals surface area contributed by atoms with Crippen LogP contribution in [0.3, 0.4) is 0 Å². The molecule has 0 radical (unpaired) electrons. The number of piperidine rings is 1. The number of carboxylic acid groups (broad SMARTS) is 1. The molecule has 1 saturated heterocycles. The number of nitrogens with one attached hydrogen (secondary N) is 1. The second kappa shape index (κ2) is 11.1. The molecule has 1 fully saturated rings. The monoisotopic (exact) mass is 440 g/mol. The average molecular weight is 441 g/mol. The maximum atomic E-state index is 12.7. The minimum atomic E-state index is -0.890. The number of nitrogens with zero attached hydrogens (tertiary/aromatic N) is 1. The van der Waals surface area contributed by atoms with Crippen LogP contribution in [0, 0.1) is 0 Å². The fourth-order valence-corrected chi connectivity index (χ4v) is 4.27. The Kier molecular flexibility index (Phi) is 8.25. The van der Waals surface area contributed by atoms with Gasteiger partial charge in [-0.3, -0.25) is 9.59 Å². The number of carboxylic acids is 1. The predicted octanol–water partition coefficient (Wildman–Crippen LogP) is 3.02. The summed E-state index contributed by atoms with van der Waals surface area (Å²) < 4.78 is 5.25. The van der Waals surface area contributed by atoms with E-state index < -0.39 is 5.97 Å². The van der Waals surface area contributed by atoms with Gasteiger partial charge in [0, 0.05) is 29.7 Å². The van der Waals surface area contributed by atoms with Crippen LogP contribution < -0.4 is 5.32 Å². The van der Waals surface area contributed by atoms with E-state index in [1.807, 2.05) is 24.3 Å². The zero-order valence-electron chi connectivity index (χ0n) is 18.5. The number of phenolic OH excluding ortho intramolecular Hbond substituents is 1. The number of hydrogen-bond donors (Lipinski definition) is 3. The molecule has 172 valence electrons.